The minimum Gasteiger partial charge on any atom is -0.311 e. The number of hydrogen-bond donors (Lipinski definition) is 1. The molecule has 0 spiro atoms. The standard InChI is InChI=1S/C13H22BrN3S/c1-16(2)12-3-5-17(9-12)6-4-15-8-13-7-11(14)10-18-13/h7,10,12,15H,3-6,8-9H2,1-2H3. The maximum Gasteiger partial charge on any atom is 0.0300 e. The van der Waals surface area contributed by atoms with E-state index in [-0.39, 0.29) is 0 Å². The summed E-state index contributed by atoms with van der Waals surface area (Å²) in [6, 6.07) is 2.94. The lowest BCUT2D eigenvalue weighted by Crippen LogP contribution is -2.34. The second-order valence-corrected chi connectivity index (χ2v) is 7.03. The summed E-state index contributed by atoms with van der Waals surface area (Å²) in [5.41, 5.74) is 0. The van der Waals surface area contributed by atoms with Gasteiger partial charge in [0.15, 0.2) is 0 Å². The SMILES string of the molecule is CN(C)C1CCN(CCNCc2cc(Br)cs2)C1. The van der Waals surface area contributed by atoms with Crippen LogP contribution < -0.4 is 5.32 Å². The van der Waals surface area contributed by atoms with E-state index in [0.717, 1.165) is 25.7 Å². The zero-order chi connectivity index (χ0) is 13.0. The lowest BCUT2D eigenvalue weighted by Gasteiger charge is -2.20. The van der Waals surface area contributed by atoms with Crippen molar-refractivity contribution < 1.29 is 0 Å². The molecule has 1 aromatic heterocycles. The molecule has 0 bridgehead atoms. The van der Waals surface area contributed by atoms with Crippen LogP contribution in [0.15, 0.2) is 15.9 Å². The highest BCUT2D eigenvalue weighted by molar-refractivity contribution is 9.10. The van der Waals surface area contributed by atoms with E-state index in [1.165, 1.54) is 28.9 Å². The summed E-state index contributed by atoms with van der Waals surface area (Å²) < 4.78 is 1.19. The average molecular weight is 332 g/mol. The predicted octanol–water partition coefficient (Wildman–Crippen LogP) is 2.24. The van der Waals surface area contributed by atoms with Gasteiger partial charge in [-0.3, -0.25) is 0 Å². The summed E-state index contributed by atoms with van der Waals surface area (Å²) in [7, 11) is 4.36. The molecule has 1 N–H and O–H groups in total. The molecule has 0 aliphatic carbocycles. The molecule has 1 aliphatic heterocycles. The van der Waals surface area contributed by atoms with E-state index in [1.54, 1.807) is 11.3 Å². The molecular formula is C13H22BrN3S. The second kappa shape index (κ2) is 7.01. The number of nitrogens with zero attached hydrogens (tertiary/aromatic N) is 2. The van der Waals surface area contributed by atoms with Crippen molar-refractivity contribution in [2.24, 2.45) is 0 Å². The number of hydrogen-bond acceptors (Lipinski definition) is 4. The van der Waals surface area contributed by atoms with E-state index in [2.05, 4.69) is 56.6 Å². The molecule has 1 aromatic rings. The van der Waals surface area contributed by atoms with Crippen molar-refractivity contribution in [1.82, 2.24) is 15.1 Å². The molecule has 102 valence electrons. The molecule has 1 atom stereocenters. The van der Waals surface area contributed by atoms with Crippen LogP contribution in [0.4, 0.5) is 0 Å². The average Bonchev–Trinajstić information content (AvgIpc) is 2.93. The fraction of sp³-hybridized carbons (Fsp3) is 0.692. The Hall–Kier alpha value is 0.0600. The molecule has 0 saturated carbocycles. The van der Waals surface area contributed by atoms with Crippen LogP contribution in [0.2, 0.25) is 0 Å². The predicted molar refractivity (Wildman–Crippen MR) is 82.3 cm³/mol. The number of thiophene rings is 1. The van der Waals surface area contributed by atoms with Crippen LogP contribution in [-0.4, -0.2) is 56.1 Å². The second-order valence-electron chi connectivity index (χ2n) is 5.11. The van der Waals surface area contributed by atoms with Gasteiger partial charge in [-0.2, -0.15) is 0 Å². The number of likely N-dealkylation sites (N-methyl/N-ethyl adjacent to an activating group) is 1. The van der Waals surface area contributed by atoms with Gasteiger partial charge in [-0.15, -0.1) is 11.3 Å². The minimum absolute atomic E-state index is 0.748. The van der Waals surface area contributed by atoms with Crippen LogP contribution in [-0.2, 0) is 6.54 Å². The lowest BCUT2D eigenvalue weighted by molar-refractivity contribution is 0.268. The van der Waals surface area contributed by atoms with E-state index >= 15 is 0 Å². The third-order valence-corrected chi connectivity index (χ3v) is 5.20. The first-order chi connectivity index (χ1) is 8.65. The summed E-state index contributed by atoms with van der Waals surface area (Å²) in [5.74, 6) is 0. The molecule has 2 rings (SSSR count). The molecule has 1 unspecified atom stereocenters. The van der Waals surface area contributed by atoms with E-state index < -0.39 is 0 Å². The van der Waals surface area contributed by atoms with Crippen molar-refractivity contribution >= 4 is 27.3 Å². The summed E-state index contributed by atoms with van der Waals surface area (Å²) in [6.07, 6.45) is 1.31. The molecule has 0 amide bonds. The quantitative estimate of drug-likeness (QED) is 0.806. The van der Waals surface area contributed by atoms with Crippen molar-refractivity contribution in [3.05, 3.63) is 20.8 Å². The third kappa shape index (κ3) is 4.31. The number of nitrogens with one attached hydrogen (secondary N) is 1. The summed E-state index contributed by atoms with van der Waals surface area (Å²) in [6.45, 7) is 5.70. The molecule has 1 fully saturated rings. The van der Waals surface area contributed by atoms with Gasteiger partial charge in [0.25, 0.3) is 0 Å². The summed E-state index contributed by atoms with van der Waals surface area (Å²) in [5, 5.41) is 5.66. The molecular weight excluding hydrogens is 310 g/mol. The van der Waals surface area contributed by atoms with Crippen LogP contribution >= 0.6 is 27.3 Å². The van der Waals surface area contributed by atoms with Crippen molar-refractivity contribution in [3.8, 4) is 0 Å². The maximum atomic E-state index is 3.52. The number of likely N-dealkylation sites (tertiary alicyclic amines) is 1. The monoisotopic (exact) mass is 331 g/mol. The Bertz CT molecular complexity index is 367. The first kappa shape index (κ1) is 14.5. The van der Waals surface area contributed by atoms with Gasteiger partial charge in [-0.1, -0.05) is 0 Å². The highest BCUT2D eigenvalue weighted by atomic mass is 79.9. The highest BCUT2D eigenvalue weighted by Crippen LogP contribution is 2.19. The zero-order valence-electron chi connectivity index (χ0n) is 11.2. The van der Waals surface area contributed by atoms with E-state index in [9.17, 15) is 0 Å². The van der Waals surface area contributed by atoms with Gasteiger partial charge in [-0.05, 0) is 49.1 Å². The molecule has 2 heterocycles. The molecule has 0 aromatic carbocycles. The van der Waals surface area contributed by atoms with Gasteiger partial charge in [-0.25, -0.2) is 0 Å². The van der Waals surface area contributed by atoms with Gasteiger partial charge < -0.3 is 15.1 Å². The van der Waals surface area contributed by atoms with Crippen LogP contribution in [0.3, 0.4) is 0 Å². The van der Waals surface area contributed by atoms with Crippen molar-refractivity contribution in [2.75, 3.05) is 40.3 Å². The Labute approximate surface area is 122 Å². The molecule has 5 heteroatoms. The molecule has 1 aliphatic rings. The van der Waals surface area contributed by atoms with Gasteiger partial charge >= 0.3 is 0 Å². The van der Waals surface area contributed by atoms with Crippen molar-refractivity contribution in [2.45, 2.75) is 19.0 Å². The third-order valence-electron chi connectivity index (χ3n) is 3.50. The largest absolute Gasteiger partial charge is 0.311 e. The summed E-state index contributed by atoms with van der Waals surface area (Å²) >= 11 is 5.29. The van der Waals surface area contributed by atoms with Crippen molar-refractivity contribution in [1.29, 1.82) is 0 Å². The Morgan fingerprint density at radius 2 is 2.39 bits per heavy atom. The lowest BCUT2D eigenvalue weighted by atomic mass is 10.2. The first-order valence-electron chi connectivity index (χ1n) is 6.47. The van der Waals surface area contributed by atoms with Crippen molar-refractivity contribution in [3.63, 3.8) is 0 Å². The van der Waals surface area contributed by atoms with Gasteiger partial charge in [0, 0.05) is 47.0 Å². The topological polar surface area (TPSA) is 18.5 Å². The first-order valence-corrected chi connectivity index (χ1v) is 8.15. The van der Waals surface area contributed by atoms with Crippen LogP contribution in [0.1, 0.15) is 11.3 Å². The van der Waals surface area contributed by atoms with Crippen LogP contribution in [0, 0.1) is 0 Å². The molecule has 0 radical (unpaired) electrons. The van der Waals surface area contributed by atoms with Crippen LogP contribution in [0.25, 0.3) is 0 Å². The van der Waals surface area contributed by atoms with Gasteiger partial charge in [0.05, 0.1) is 0 Å². The highest BCUT2D eigenvalue weighted by Gasteiger charge is 2.22. The Balaban J connectivity index is 1.59. The molecule has 3 nitrogen and oxygen atoms in total. The fourth-order valence-electron chi connectivity index (χ4n) is 2.33. The van der Waals surface area contributed by atoms with Gasteiger partial charge in [0.2, 0.25) is 0 Å². The normalized spacial score (nSPS) is 21.0. The van der Waals surface area contributed by atoms with E-state index in [4.69, 9.17) is 0 Å². The Kier molecular flexibility index (Phi) is 5.63. The molecule has 1 saturated heterocycles. The fourth-order valence-corrected chi connectivity index (χ4v) is 3.75. The van der Waals surface area contributed by atoms with Gasteiger partial charge in [0.1, 0.15) is 0 Å². The number of halogens is 1. The number of rotatable bonds is 6. The maximum absolute atomic E-state index is 3.52. The zero-order valence-corrected chi connectivity index (χ0v) is 13.6. The van der Waals surface area contributed by atoms with E-state index in [0.29, 0.717) is 0 Å². The Morgan fingerprint density at radius 1 is 1.56 bits per heavy atom. The Morgan fingerprint density at radius 3 is 3.00 bits per heavy atom. The smallest absolute Gasteiger partial charge is 0.0300 e. The summed E-state index contributed by atoms with van der Waals surface area (Å²) in [4.78, 5) is 6.30. The van der Waals surface area contributed by atoms with E-state index in [1.807, 2.05) is 0 Å². The van der Waals surface area contributed by atoms with Crippen LogP contribution in [0.5, 0.6) is 0 Å². The minimum atomic E-state index is 0.748. The molecule has 18 heavy (non-hydrogen) atoms.